The number of nitrogens with zero attached hydrogens (tertiary/aromatic N) is 2. The summed E-state index contributed by atoms with van der Waals surface area (Å²) >= 11 is 0. The van der Waals surface area contributed by atoms with Crippen LogP contribution in [0.1, 0.15) is 32.8 Å². The van der Waals surface area contributed by atoms with Gasteiger partial charge in [0.05, 0.1) is 0 Å². The smallest absolute Gasteiger partial charge is 0.132 e. The van der Waals surface area contributed by atoms with Gasteiger partial charge in [-0.2, -0.15) is 0 Å². The Bertz CT molecular complexity index is 323. The molecular weight excluding hydrogens is 210 g/mol. The fraction of sp³-hybridized carbons (Fsp3) is 0.643. The first-order valence-corrected chi connectivity index (χ1v) is 6.50. The Balaban J connectivity index is 2.63. The summed E-state index contributed by atoms with van der Waals surface area (Å²) in [4.78, 5) is 6.71. The van der Waals surface area contributed by atoms with Crippen LogP contribution < -0.4 is 10.2 Å². The van der Waals surface area contributed by atoms with Crippen molar-refractivity contribution < 1.29 is 0 Å². The summed E-state index contributed by atoms with van der Waals surface area (Å²) in [6.45, 7) is 9.63. The van der Waals surface area contributed by atoms with Gasteiger partial charge in [-0.15, -0.1) is 0 Å². The molecule has 0 aliphatic carbocycles. The van der Waals surface area contributed by atoms with E-state index in [1.807, 2.05) is 12.3 Å². The van der Waals surface area contributed by atoms with Crippen LogP contribution in [0.2, 0.25) is 0 Å². The zero-order chi connectivity index (χ0) is 12.7. The molecule has 17 heavy (non-hydrogen) atoms. The van der Waals surface area contributed by atoms with Crippen LogP contribution in [0.25, 0.3) is 0 Å². The van der Waals surface area contributed by atoms with E-state index in [-0.39, 0.29) is 0 Å². The molecule has 0 atom stereocenters. The molecular formula is C14H25N3. The predicted molar refractivity (Wildman–Crippen MR) is 74.3 cm³/mol. The molecule has 0 aromatic carbocycles. The van der Waals surface area contributed by atoms with Crippen LogP contribution in [-0.2, 0) is 6.54 Å². The van der Waals surface area contributed by atoms with Crippen molar-refractivity contribution >= 4 is 5.82 Å². The molecule has 1 aromatic heterocycles. The van der Waals surface area contributed by atoms with Gasteiger partial charge in [-0.1, -0.05) is 26.8 Å². The molecule has 0 aliphatic heterocycles. The topological polar surface area (TPSA) is 28.2 Å². The van der Waals surface area contributed by atoms with Gasteiger partial charge >= 0.3 is 0 Å². The molecule has 1 N–H and O–H groups in total. The third-order valence-corrected chi connectivity index (χ3v) is 2.66. The number of aromatic nitrogens is 1. The first kappa shape index (κ1) is 14.0. The lowest BCUT2D eigenvalue weighted by molar-refractivity contribution is 0.551. The van der Waals surface area contributed by atoms with Gasteiger partial charge in [-0.05, 0) is 24.9 Å². The summed E-state index contributed by atoms with van der Waals surface area (Å²) in [7, 11) is 2.11. The molecule has 0 unspecified atom stereocenters. The van der Waals surface area contributed by atoms with E-state index in [9.17, 15) is 0 Å². The largest absolute Gasteiger partial charge is 0.359 e. The highest BCUT2D eigenvalue weighted by molar-refractivity contribution is 5.45. The number of nitrogens with one attached hydrogen (secondary N) is 1. The Morgan fingerprint density at radius 3 is 2.82 bits per heavy atom. The maximum absolute atomic E-state index is 4.48. The van der Waals surface area contributed by atoms with Gasteiger partial charge in [0.2, 0.25) is 0 Å². The van der Waals surface area contributed by atoms with Crippen LogP contribution in [0, 0.1) is 5.92 Å². The lowest BCUT2D eigenvalue weighted by Crippen LogP contribution is -2.24. The van der Waals surface area contributed by atoms with Crippen LogP contribution in [0.3, 0.4) is 0 Å². The van der Waals surface area contributed by atoms with Crippen molar-refractivity contribution in [2.75, 3.05) is 25.0 Å². The number of pyridine rings is 1. The Morgan fingerprint density at radius 2 is 2.18 bits per heavy atom. The summed E-state index contributed by atoms with van der Waals surface area (Å²) in [6.07, 6.45) is 3.01. The second-order valence-corrected chi connectivity index (χ2v) is 4.93. The van der Waals surface area contributed by atoms with Crippen molar-refractivity contribution in [3.8, 4) is 0 Å². The number of anilines is 1. The SMILES string of the molecule is CCCN(C)c1ncccc1CNCC(C)C. The fourth-order valence-electron chi connectivity index (χ4n) is 1.85. The zero-order valence-electron chi connectivity index (χ0n) is 11.5. The highest BCUT2D eigenvalue weighted by Crippen LogP contribution is 2.15. The van der Waals surface area contributed by atoms with Crippen molar-refractivity contribution in [3.63, 3.8) is 0 Å². The summed E-state index contributed by atoms with van der Waals surface area (Å²) in [5.41, 5.74) is 1.28. The molecule has 0 amide bonds. The molecule has 0 spiro atoms. The van der Waals surface area contributed by atoms with Crippen LogP contribution in [0.15, 0.2) is 18.3 Å². The molecule has 0 bridgehead atoms. The monoisotopic (exact) mass is 235 g/mol. The van der Waals surface area contributed by atoms with Crippen LogP contribution in [-0.4, -0.2) is 25.1 Å². The summed E-state index contributed by atoms with van der Waals surface area (Å²) < 4.78 is 0. The number of hydrogen-bond acceptors (Lipinski definition) is 3. The molecule has 96 valence electrons. The Hall–Kier alpha value is -1.09. The molecule has 0 fully saturated rings. The van der Waals surface area contributed by atoms with Gasteiger partial charge in [0.1, 0.15) is 5.82 Å². The average Bonchev–Trinajstić information content (AvgIpc) is 2.29. The van der Waals surface area contributed by atoms with Crippen molar-refractivity contribution in [1.82, 2.24) is 10.3 Å². The summed E-state index contributed by atoms with van der Waals surface area (Å²) in [5, 5.41) is 3.47. The van der Waals surface area contributed by atoms with Crippen LogP contribution in [0.4, 0.5) is 5.82 Å². The molecule has 1 aromatic rings. The van der Waals surface area contributed by atoms with Crippen molar-refractivity contribution in [3.05, 3.63) is 23.9 Å². The van der Waals surface area contributed by atoms with Gasteiger partial charge in [0.15, 0.2) is 0 Å². The molecule has 1 heterocycles. The number of rotatable bonds is 7. The Kier molecular flexibility index (Phi) is 5.98. The first-order chi connectivity index (χ1) is 8.15. The van der Waals surface area contributed by atoms with Crippen molar-refractivity contribution in [2.24, 2.45) is 5.92 Å². The van der Waals surface area contributed by atoms with Gasteiger partial charge in [-0.25, -0.2) is 4.98 Å². The van der Waals surface area contributed by atoms with E-state index < -0.39 is 0 Å². The first-order valence-electron chi connectivity index (χ1n) is 6.50. The molecule has 3 heteroatoms. The van der Waals surface area contributed by atoms with Crippen molar-refractivity contribution in [2.45, 2.75) is 33.7 Å². The van der Waals surface area contributed by atoms with E-state index in [1.54, 1.807) is 0 Å². The zero-order valence-corrected chi connectivity index (χ0v) is 11.5. The maximum atomic E-state index is 4.48. The van der Waals surface area contributed by atoms with Crippen LogP contribution >= 0.6 is 0 Å². The average molecular weight is 235 g/mol. The van der Waals surface area contributed by atoms with E-state index in [2.05, 4.69) is 49.1 Å². The van der Waals surface area contributed by atoms with E-state index in [4.69, 9.17) is 0 Å². The highest BCUT2D eigenvalue weighted by atomic mass is 15.2. The second-order valence-electron chi connectivity index (χ2n) is 4.93. The van der Waals surface area contributed by atoms with Gasteiger partial charge in [-0.3, -0.25) is 0 Å². The highest BCUT2D eigenvalue weighted by Gasteiger charge is 2.07. The van der Waals surface area contributed by atoms with E-state index in [1.165, 1.54) is 5.56 Å². The van der Waals surface area contributed by atoms with Gasteiger partial charge < -0.3 is 10.2 Å². The maximum Gasteiger partial charge on any atom is 0.132 e. The Labute approximate surface area is 105 Å². The van der Waals surface area contributed by atoms with E-state index in [0.717, 1.165) is 31.9 Å². The van der Waals surface area contributed by atoms with Gasteiger partial charge in [0.25, 0.3) is 0 Å². The molecule has 0 radical (unpaired) electrons. The normalized spacial score (nSPS) is 10.9. The minimum atomic E-state index is 0.684. The fourth-order valence-corrected chi connectivity index (χ4v) is 1.85. The summed E-state index contributed by atoms with van der Waals surface area (Å²) in [6, 6.07) is 4.16. The summed E-state index contributed by atoms with van der Waals surface area (Å²) in [5.74, 6) is 1.79. The quantitative estimate of drug-likeness (QED) is 0.787. The van der Waals surface area contributed by atoms with Gasteiger partial charge in [0, 0.05) is 31.9 Å². The van der Waals surface area contributed by atoms with Crippen molar-refractivity contribution in [1.29, 1.82) is 0 Å². The minimum Gasteiger partial charge on any atom is -0.359 e. The standard InChI is InChI=1S/C14H25N3/c1-5-9-17(4)14-13(7-6-8-16-14)11-15-10-12(2)3/h6-8,12,15H,5,9-11H2,1-4H3. The van der Waals surface area contributed by atoms with E-state index in [0.29, 0.717) is 5.92 Å². The molecule has 0 saturated heterocycles. The molecule has 0 saturated carbocycles. The third kappa shape index (κ3) is 4.73. The molecule has 1 rings (SSSR count). The molecule has 3 nitrogen and oxygen atoms in total. The number of hydrogen-bond donors (Lipinski definition) is 1. The second kappa shape index (κ2) is 7.28. The molecule has 0 aliphatic rings. The lowest BCUT2D eigenvalue weighted by atomic mass is 10.2. The Morgan fingerprint density at radius 1 is 1.41 bits per heavy atom. The predicted octanol–water partition coefficient (Wildman–Crippen LogP) is 2.67. The lowest BCUT2D eigenvalue weighted by Gasteiger charge is -2.20. The van der Waals surface area contributed by atoms with Crippen LogP contribution in [0.5, 0.6) is 0 Å². The third-order valence-electron chi connectivity index (χ3n) is 2.66. The minimum absolute atomic E-state index is 0.684. The van der Waals surface area contributed by atoms with E-state index >= 15 is 0 Å².